The maximum atomic E-state index is 12.5. The Hall–Kier alpha value is -2.57. The highest BCUT2D eigenvalue weighted by Crippen LogP contribution is 2.29. The fraction of sp³-hybridized carbons (Fsp3) is 0.440. The van der Waals surface area contributed by atoms with Crippen molar-refractivity contribution in [2.75, 3.05) is 38.7 Å². The fourth-order valence-electron chi connectivity index (χ4n) is 3.63. The van der Waals surface area contributed by atoms with E-state index in [0.29, 0.717) is 30.0 Å². The molecule has 7 heteroatoms. The average molecular weight is 461 g/mol. The molecule has 0 saturated heterocycles. The first-order chi connectivity index (χ1) is 15.0. The number of rotatable bonds is 12. The van der Waals surface area contributed by atoms with E-state index in [1.54, 1.807) is 18.2 Å². The van der Waals surface area contributed by atoms with Crippen LogP contribution in [0.2, 0.25) is 0 Å². The number of nitrogens with zero attached hydrogens (tertiary/aromatic N) is 1. The second-order valence-electron chi connectivity index (χ2n) is 7.92. The van der Waals surface area contributed by atoms with Crippen molar-refractivity contribution >= 4 is 29.8 Å². The first kappa shape index (κ1) is 25.7. The first-order valence-corrected chi connectivity index (χ1v) is 11.1. The standard InChI is InChI=1S/C25H32N2O4.ClH/c1-3-30-21-9-7-8-19(16-21)13-15-27(2)14-6-4-5-10-23(28)20-11-12-24-22(17-20)26-25(29)18-31-24;/h7-9,11-12,16-17H,3-6,10,13-15,18H2,1-2H3,(H,26,29);1H. The molecule has 1 aliphatic heterocycles. The van der Waals surface area contributed by atoms with Gasteiger partial charge in [0.25, 0.3) is 5.91 Å². The lowest BCUT2D eigenvalue weighted by Crippen LogP contribution is -2.25. The molecule has 1 amide bonds. The Bertz CT molecular complexity index is 903. The quantitative estimate of drug-likeness (QED) is 0.365. The smallest absolute Gasteiger partial charge is 0.262 e. The minimum absolute atomic E-state index is 0. The SMILES string of the molecule is CCOc1cccc(CCN(C)CCCCCC(=O)c2ccc3c(c2)NC(=O)CO3)c1.Cl. The fourth-order valence-corrected chi connectivity index (χ4v) is 3.63. The number of carbonyl (C=O) groups excluding carboxylic acids is 2. The molecular formula is C25H33ClN2O4. The molecule has 0 unspecified atom stereocenters. The third-order valence-corrected chi connectivity index (χ3v) is 5.37. The predicted octanol–water partition coefficient (Wildman–Crippen LogP) is 4.76. The van der Waals surface area contributed by atoms with Gasteiger partial charge in [0.05, 0.1) is 12.3 Å². The number of hydrogen-bond acceptors (Lipinski definition) is 5. The minimum atomic E-state index is -0.191. The number of Topliss-reactive ketones (excluding diaryl/α,β-unsaturated/α-hetero) is 1. The van der Waals surface area contributed by atoms with Crippen LogP contribution in [0.15, 0.2) is 42.5 Å². The molecule has 0 atom stereocenters. The summed E-state index contributed by atoms with van der Waals surface area (Å²) < 4.78 is 10.9. The molecule has 3 rings (SSSR count). The summed E-state index contributed by atoms with van der Waals surface area (Å²) in [5.74, 6) is 1.46. The zero-order valence-electron chi connectivity index (χ0n) is 18.9. The lowest BCUT2D eigenvalue weighted by molar-refractivity contribution is -0.118. The molecule has 1 aliphatic rings. The van der Waals surface area contributed by atoms with Gasteiger partial charge in [0, 0.05) is 18.5 Å². The number of carbonyl (C=O) groups is 2. The van der Waals surface area contributed by atoms with Crippen molar-refractivity contribution in [1.29, 1.82) is 0 Å². The van der Waals surface area contributed by atoms with Crippen molar-refractivity contribution in [3.8, 4) is 11.5 Å². The Morgan fingerprint density at radius 1 is 1.12 bits per heavy atom. The highest BCUT2D eigenvalue weighted by atomic mass is 35.5. The highest BCUT2D eigenvalue weighted by molar-refractivity contribution is 6.00. The van der Waals surface area contributed by atoms with Crippen molar-refractivity contribution in [2.45, 2.75) is 39.0 Å². The normalized spacial score (nSPS) is 12.4. The van der Waals surface area contributed by atoms with Gasteiger partial charge in [-0.2, -0.15) is 0 Å². The monoisotopic (exact) mass is 460 g/mol. The van der Waals surface area contributed by atoms with Crippen molar-refractivity contribution in [2.24, 2.45) is 0 Å². The number of likely N-dealkylation sites (N-methyl/N-ethyl adjacent to an activating group) is 1. The third kappa shape index (κ3) is 7.84. The third-order valence-electron chi connectivity index (χ3n) is 5.37. The maximum absolute atomic E-state index is 12.5. The van der Waals surface area contributed by atoms with Crippen LogP contribution in [0.5, 0.6) is 11.5 Å². The second kappa shape index (κ2) is 13.1. The topological polar surface area (TPSA) is 67.9 Å². The van der Waals surface area contributed by atoms with E-state index in [0.717, 1.165) is 44.5 Å². The van der Waals surface area contributed by atoms with E-state index < -0.39 is 0 Å². The molecule has 0 saturated carbocycles. The van der Waals surface area contributed by atoms with Crippen molar-refractivity contribution < 1.29 is 19.1 Å². The zero-order valence-corrected chi connectivity index (χ0v) is 19.7. The van der Waals surface area contributed by atoms with E-state index in [4.69, 9.17) is 9.47 Å². The van der Waals surface area contributed by atoms with Gasteiger partial charge in [-0.3, -0.25) is 9.59 Å². The lowest BCUT2D eigenvalue weighted by atomic mass is 10.0. The molecule has 0 aliphatic carbocycles. The molecule has 1 heterocycles. The molecule has 0 fully saturated rings. The van der Waals surface area contributed by atoms with Gasteiger partial charge in [-0.1, -0.05) is 18.6 Å². The number of anilines is 1. The van der Waals surface area contributed by atoms with Crippen LogP contribution in [0.3, 0.4) is 0 Å². The van der Waals surface area contributed by atoms with Crippen molar-refractivity contribution in [1.82, 2.24) is 4.90 Å². The number of unbranched alkanes of at least 4 members (excludes halogenated alkanes) is 2. The van der Waals surface area contributed by atoms with Crippen molar-refractivity contribution in [3.05, 3.63) is 53.6 Å². The Morgan fingerprint density at radius 3 is 2.78 bits per heavy atom. The van der Waals surface area contributed by atoms with E-state index >= 15 is 0 Å². The van der Waals surface area contributed by atoms with Gasteiger partial charge in [0.1, 0.15) is 11.5 Å². The summed E-state index contributed by atoms with van der Waals surface area (Å²) in [5.41, 5.74) is 2.49. The largest absolute Gasteiger partial charge is 0.494 e. The Balaban J connectivity index is 0.00000363. The number of halogens is 1. The van der Waals surface area contributed by atoms with Gasteiger partial charge in [0.15, 0.2) is 12.4 Å². The summed E-state index contributed by atoms with van der Waals surface area (Å²) in [4.78, 5) is 26.2. The molecule has 6 nitrogen and oxygen atoms in total. The molecule has 174 valence electrons. The molecule has 2 aromatic carbocycles. The Labute approximate surface area is 196 Å². The average Bonchev–Trinajstić information content (AvgIpc) is 2.77. The second-order valence-corrected chi connectivity index (χ2v) is 7.92. The number of nitrogens with one attached hydrogen (secondary N) is 1. The van der Waals surface area contributed by atoms with E-state index in [-0.39, 0.29) is 30.7 Å². The van der Waals surface area contributed by atoms with Gasteiger partial charge in [-0.15, -0.1) is 12.4 Å². The summed E-state index contributed by atoms with van der Waals surface area (Å²) in [6.07, 6.45) is 4.45. The summed E-state index contributed by atoms with van der Waals surface area (Å²) >= 11 is 0. The van der Waals surface area contributed by atoms with Gasteiger partial charge in [-0.05, 0) is 75.7 Å². The Kier molecular flexibility index (Phi) is 10.5. The molecule has 0 spiro atoms. The number of hydrogen-bond donors (Lipinski definition) is 1. The lowest BCUT2D eigenvalue weighted by Gasteiger charge is -2.18. The van der Waals surface area contributed by atoms with E-state index in [1.807, 2.05) is 19.1 Å². The molecule has 32 heavy (non-hydrogen) atoms. The number of amides is 1. The van der Waals surface area contributed by atoms with Crippen LogP contribution in [-0.4, -0.2) is 49.9 Å². The van der Waals surface area contributed by atoms with Crippen molar-refractivity contribution in [3.63, 3.8) is 0 Å². The van der Waals surface area contributed by atoms with E-state index in [1.165, 1.54) is 5.56 Å². The molecule has 1 N–H and O–H groups in total. The van der Waals surface area contributed by atoms with Gasteiger partial charge >= 0.3 is 0 Å². The Morgan fingerprint density at radius 2 is 1.97 bits per heavy atom. The molecular weight excluding hydrogens is 428 g/mol. The maximum Gasteiger partial charge on any atom is 0.262 e. The number of ketones is 1. The van der Waals surface area contributed by atoms with Crippen LogP contribution >= 0.6 is 12.4 Å². The zero-order chi connectivity index (χ0) is 22.1. The molecule has 2 aromatic rings. The molecule has 0 aromatic heterocycles. The predicted molar refractivity (Wildman–Crippen MR) is 129 cm³/mol. The van der Waals surface area contributed by atoms with Crippen LogP contribution < -0.4 is 14.8 Å². The van der Waals surface area contributed by atoms with Gasteiger partial charge in [0.2, 0.25) is 0 Å². The van der Waals surface area contributed by atoms with Gasteiger partial charge in [-0.25, -0.2) is 0 Å². The minimum Gasteiger partial charge on any atom is -0.494 e. The summed E-state index contributed by atoms with van der Waals surface area (Å²) in [6, 6.07) is 13.5. The van der Waals surface area contributed by atoms with Crippen LogP contribution in [0.1, 0.15) is 48.5 Å². The molecule has 0 radical (unpaired) electrons. The summed E-state index contributed by atoms with van der Waals surface area (Å²) in [7, 11) is 2.14. The van der Waals surface area contributed by atoms with Gasteiger partial charge < -0.3 is 19.7 Å². The van der Waals surface area contributed by atoms with E-state index in [2.05, 4.69) is 29.4 Å². The first-order valence-electron chi connectivity index (χ1n) is 11.1. The van der Waals surface area contributed by atoms with Crippen LogP contribution in [-0.2, 0) is 11.2 Å². The highest BCUT2D eigenvalue weighted by Gasteiger charge is 2.17. The van der Waals surface area contributed by atoms with Crippen LogP contribution in [0, 0.1) is 0 Å². The number of fused-ring (bicyclic) bond motifs is 1. The summed E-state index contributed by atoms with van der Waals surface area (Å²) in [5, 5.41) is 2.75. The van der Waals surface area contributed by atoms with E-state index in [9.17, 15) is 9.59 Å². The van der Waals surface area contributed by atoms with Crippen LogP contribution in [0.4, 0.5) is 5.69 Å². The number of ether oxygens (including phenoxy) is 2. The van der Waals surface area contributed by atoms with Crippen LogP contribution in [0.25, 0.3) is 0 Å². The number of benzene rings is 2. The molecule has 0 bridgehead atoms. The summed E-state index contributed by atoms with van der Waals surface area (Å²) in [6.45, 7) is 4.71.